The zero-order chi connectivity index (χ0) is 23.2. The Kier molecular flexibility index (Phi) is 5.53. The number of fused-ring (bicyclic) bond motifs is 1. The van der Waals surface area contributed by atoms with Crippen molar-refractivity contribution in [1.29, 1.82) is 0 Å². The second-order valence-electron chi connectivity index (χ2n) is 9.46. The smallest absolute Gasteiger partial charge is 0.242 e. The van der Waals surface area contributed by atoms with Crippen LogP contribution in [0.3, 0.4) is 0 Å². The van der Waals surface area contributed by atoms with Gasteiger partial charge in [-0.15, -0.1) is 0 Å². The predicted molar refractivity (Wildman–Crippen MR) is 125 cm³/mol. The zero-order valence-electron chi connectivity index (χ0n) is 19.2. The second kappa shape index (κ2) is 8.38. The number of aromatic nitrogens is 4. The number of morpholine rings is 1. The van der Waals surface area contributed by atoms with E-state index in [4.69, 9.17) is 26.2 Å². The van der Waals surface area contributed by atoms with E-state index in [1.807, 2.05) is 4.90 Å². The van der Waals surface area contributed by atoms with Crippen molar-refractivity contribution in [3.05, 3.63) is 18.0 Å². The summed E-state index contributed by atoms with van der Waals surface area (Å²) in [5.74, 6) is 1.84. The third-order valence-electron chi connectivity index (χ3n) is 6.53. The van der Waals surface area contributed by atoms with Gasteiger partial charge < -0.3 is 30.9 Å². The highest BCUT2D eigenvalue weighted by Gasteiger charge is 2.39. The number of hydrogen-bond acceptors (Lipinski definition) is 10. The molecule has 2 fully saturated rings. The molecule has 1 amide bonds. The number of nitrogen functional groups attached to an aromatic ring is 1. The molecular formula is C22H31N9O2. The Labute approximate surface area is 193 Å². The van der Waals surface area contributed by atoms with Gasteiger partial charge in [0.15, 0.2) is 0 Å². The first-order valence-electron chi connectivity index (χ1n) is 11.5. The summed E-state index contributed by atoms with van der Waals surface area (Å²) in [5.41, 5.74) is 13.7. The lowest BCUT2D eigenvalue weighted by Crippen LogP contribution is -2.51. The lowest BCUT2D eigenvalue weighted by Gasteiger charge is -2.30. The van der Waals surface area contributed by atoms with Crippen LogP contribution >= 0.6 is 0 Å². The van der Waals surface area contributed by atoms with Gasteiger partial charge in [-0.25, -0.2) is 15.0 Å². The van der Waals surface area contributed by atoms with Crippen molar-refractivity contribution in [3.8, 4) is 11.3 Å². The number of nitrogens with zero attached hydrogens (tertiary/aromatic N) is 7. The third-order valence-corrected chi connectivity index (χ3v) is 6.53. The standard InChI is InChI=1S/C22H31N9O2/c1-22(2,24)19(32)30-5-3-15(13-30)31-6-4-16-17(14-11-25-20(23)26-12-14)27-21(28-18(16)31)29-7-9-33-10-8-29/h11-12,15H,3-10,13,24H2,1-2H3,(H2,23,25,26)/t15-/m1/s1. The van der Waals surface area contributed by atoms with Crippen molar-refractivity contribution in [2.75, 3.05) is 61.5 Å². The Hall–Kier alpha value is -3.05. The first-order chi connectivity index (χ1) is 15.8. The van der Waals surface area contributed by atoms with Crippen LogP contribution in [0, 0.1) is 0 Å². The lowest BCUT2D eigenvalue weighted by atomic mass is 10.1. The van der Waals surface area contributed by atoms with Gasteiger partial charge in [0.05, 0.1) is 24.4 Å². The number of amides is 1. The number of carbonyl (C=O) groups excluding carboxylic acids is 1. The summed E-state index contributed by atoms with van der Waals surface area (Å²) >= 11 is 0. The summed E-state index contributed by atoms with van der Waals surface area (Å²) in [4.78, 5) is 37.4. The highest BCUT2D eigenvalue weighted by Crippen LogP contribution is 2.37. The van der Waals surface area contributed by atoms with E-state index in [2.05, 4.69) is 19.8 Å². The summed E-state index contributed by atoms with van der Waals surface area (Å²) in [5, 5.41) is 0. The molecule has 0 aliphatic carbocycles. The molecule has 3 aliphatic heterocycles. The summed E-state index contributed by atoms with van der Waals surface area (Å²) in [7, 11) is 0. The highest BCUT2D eigenvalue weighted by molar-refractivity contribution is 5.85. The van der Waals surface area contributed by atoms with Crippen LogP contribution in [0.4, 0.5) is 17.7 Å². The van der Waals surface area contributed by atoms with Gasteiger partial charge in [-0.05, 0) is 26.7 Å². The molecule has 3 aliphatic rings. The predicted octanol–water partition coefficient (Wildman–Crippen LogP) is 0.0531. The minimum Gasteiger partial charge on any atom is -0.378 e. The molecule has 33 heavy (non-hydrogen) atoms. The van der Waals surface area contributed by atoms with E-state index in [-0.39, 0.29) is 17.9 Å². The van der Waals surface area contributed by atoms with E-state index in [1.54, 1.807) is 26.2 Å². The Morgan fingerprint density at radius 3 is 2.55 bits per heavy atom. The normalized spacial score (nSPS) is 20.9. The third kappa shape index (κ3) is 4.18. The molecule has 0 saturated carbocycles. The lowest BCUT2D eigenvalue weighted by molar-refractivity contribution is -0.134. The maximum absolute atomic E-state index is 12.7. The SMILES string of the molecule is CC(C)(N)C(=O)N1CC[C@@H](N2CCc3c(-c4cnc(N)nc4)nc(N4CCOCC4)nc32)C1. The van der Waals surface area contributed by atoms with Gasteiger partial charge in [-0.3, -0.25) is 4.79 Å². The van der Waals surface area contributed by atoms with Crippen LogP contribution in [0.1, 0.15) is 25.8 Å². The summed E-state index contributed by atoms with van der Waals surface area (Å²) in [6.07, 6.45) is 5.15. The van der Waals surface area contributed by atoms with Gasteiger partial charge in [0.1, 0.15) is 5.82 Å². The first kappa shape index (κ1) is 21.8. The molecule has 2 aromatic heterocycles. The molecule has 0 unspecified atom stereocenters. The van der Waals surface area contributed by atoms with E-state index < -0.39 is 5.54 Å². The number of hydrogen-bond donors (Lipinski definition) is 2. The fourth-order valence-electron chi connectivity index (χ4n) is 4.81. The number of anilines is 3. The maximum Gasteiger partial charge on any atom is 0.242 e. The van der Waals surface area contributed by atoms with Crippen LogP contribution in [0.25, 0.3) is 11.3 Å². The van der Waals surface area contributed by atoms with E-state index in [0.29, 0.717) is 32.3 Å². The number of nitrogens with two attached hydrogens (primary N) is 2. The van der Waals surface area contributed by atoms with Crippen LogP contribution in [-0.2, 0) is 16.0 Å². The summed E-state index contributed by atoms with van der Waals surface area (Å²) < 4.78 is 5.52. The molecule has 2 saturated heterocycles. The van der Waals surface area contributed by atoms with Gasteiger partial charge in [0, 0.05) is 62.3 Å². The van der Waals surface area contributed by atoms with E-state index in [0.717, 1.165) is 55.1 Å². The Morgan fingerprint density at radius 2 is 1.85 bits per heavy atom. The Morgan fingerprint density at radius 1 is 1.12 bits per heavy atom. The molecule has 11 nitrogen and oxygen atoms in total. The van der Waals surface area contributed by atoms with Crippen molar-refractivity contribution >= 4 is 23.6 Å². The highest BCUT2D eigenvalue weighted by atomic mass is 16.5. The monoisotopic (exact) mass is 453 g/mol. The first-order valence-corrected chi connectivity index (χ1v) is 11.5. The van der Waals surface area contributed by atoms with Crippen molar-refractivity contribution in [2.45, 2.75) is 38.3 Å². The van der Waals surface area contributed by atoms with Gasteiger partial charge in [0.2, 0.25) is 17.8 Å². The number of ether oxygens (including phenoxy) is 1. The van der Waals surface area contributed by atoms with Crippen LogP contribution in [0.2, 0.25) is 0 Å². The van der Waals surface area contributed by atoms with E-state index >= 15 is 0 Å². The van der Waals surface area contributed by atoms with Gasteiger partial charge in [-0.1, -0.05) is 0 Å². The molecule has 176 valence electrons. The molecule has 11 heteroatoms. The molecule has 4 N–H and O–H groups in total. The average molecular weight is 454 g/mol. The number of likely N-dealkylation sites (tertiary alicyclic amines) is 1. The fourth-order valence-corrected chi connectivity index (χ4v) is 4.81. The minimum absolute atomic E-state index is 0.0131. The molecule has 0 spiro atoms. The van der Waals surface area contributed by atoms with Gasteiger partial charge in [-0.2, -0.15) is 4.98 Å². The molecule has 0 aromatic carbocycles. The van der Waals surface area contributed by atoms with Crippen molar-refractivity contribution in [1.82, 2.24) is 24.8 Å². The summed E-state index contributed by atoms with van der Waals surface area (Å²) in [6, 6.07) is 0.195. The van der Waals surface area contributed by atoms with Crippen LogP contribution in [-0.4, -0.2) is 88.3 Å². The molecule has 0 radical (unpaired) electrons. The van der Waals surface area contributed by atoms with E-state index in [1.165, 1.54) is 0 Å². The van der Waals surface area contributed by atoms with Crippen molar-refractivity contribution in [2.24, 2.45) is 5.73 Å². The van der Waals surface area contributed by atoms with Crippen LogP contribution < -0.4 is 21.3 Å². The Bertz CT molecular complexity index is 1030. The molecular weight excluding hydrogens is 422 g/mol. The van der Waals surface area contributed by atoms with E-state index in [9.17, 15) is 4.79 Å². The fraction of sp³-hybridized carbons (Fsp3) is 0.591. The molecule has 0 bridgehead atoms. The van der Waals surface area contributed by atoms with Crippen molar-refractivity contribution in [3.63, 3.8) is 0 Å². The quantitative estimate of drug-likeness (QED) is 0.653. The molecule has 2 aromatic rings. The maximum atomic E-state index is 12.7. The average Bonchev–Trinajstić information content (AvgIpc) is 3.45. The molecule has 5 rings (SSSR count). The molecule has 1 atom stereocenters. The molecule has 5 heterocycles. The van der Waals surface area contributed by atoms with Gasteiger partial charge in [0.25, 0.3) is 0 Å². The number of carbonyl (C=O) groups is 1. The number of rotatable bonds is 4. The van der Waals surface area contributed by atoms with Gasteiger partial charge >= 0.3 is 0 Å². The largest absolute Gasteiger partial charge is 0.378 e. The minimum atomic E-state index is -0.869. The van der Waals surface area contributed by atoms with Crippen LogP contribution in [0.5, 0.6) is 0 Å². The topological polar surface area (TPSA) is 140 Å². The Balaban J connectivity index is 1.49. The summed E-state index contributed by atoms with van der Waals surface area (Å²) in [6.45, 7) is 8.50. The second-order valence-corrected chi connectivity index (χ2v) is 9.46. The van der Waals surface area contributed by atoms with Crippen molar-refractivity contribution < 1.29 is 9.53 Å². The van der Waals surface area contributed by atoms with Crippen LogP contribution in [0.15, 0.2) is 12.4 Å². The zero-order valence-corrected chi connectivity index (χ0v) is 19.2.